The predicted octanol–water partition coefficient (Wildman–Crippen LogP) is 0.355. The molecule has 1 aliphatic rings. The Morgan fingerprint density at radius 2 is 2.11 bits per heavy atom. The van der Waals surface area contributed by atoms with E-state index < -0.39 is 10.0 Å². The van der Waals surface area contributed by atoms with Crippen molar-refractivity contribution in [2.24, 2.45) is 7.05 Å². The molecule has 0 spiro atoms. The number of alkyl halides is 1. The van der Waals surface area contributed by atoms with E-state index in [9.17, 15) is 8.42 Å². The summed E-state index contributed by atoms with van der Waals surface area (Å²) in [7, 11) is -1.79. The van der Waals surface area contributed by atoms with Gasteiger partial charge < -0.3 is 4.90 Å². The molecule has 0 bridgehead atoms. The minimum atomic E-state index is -3.44. The molecule has 1 aromatic rings. The van der Waals surface area contributed by atoms with Crippen LogP contribution in [0.1, 0.15) is 6.42 Å². The number of aromatic nitrogens is 2. The van der Waals surface area contributed by atoms with Gasteiger partial charge in [-0.1, -0.05) is 0 Å². The van der Waals surface area contributed by atoms with Crippen LogP contribution in [0.3, 0.4) is 0 Å². The molecule has 0 aromatic carbocycles. The number of hydrogen-bond donors (Lipinski definition) is 0. The van der Waals surface area contributed by atoms with Crippen LogP contribution in [0, 0.1) is 0 Å². The summed E-state index contributed by atoms with van der Waals surface area (Å²) in [4.78, 5) is 2.20. The summed E-state index contributed by atoms with van der Waals surface area (Å²) in [5.74, 6) is 0.578. The van der Waals surface area contributed by atoms with Crippen molar-refractivity contribution in [3.8, 4) is 0 Å². The summed E-state index contributed by atoms with van der Waals surface area (Å²) >= 11 is 5.73. The van der Waals surface area contributed by atoms with Gasteiger partial charge in [0.1, 0.15) is 0 Å². The third kappa shape index (κ3) is 3.28. The summed E-state index contributed by atoms with van der Waals surface area (Å²) in [6, 6.07) is 1.54. The highest BCUT2D eigenvalue weighted by Crippen LogP contribution is 2.16. The number of halogens is 1. The maximum Gasteiger partial charge on any atom is 0.260 e. The van der Waals surface area contributed by atoms with Gasteiger partial charge in [0.2, 0.25) is 0 Å². The standard InChI is InChI=1S/C11H19ClN4O2S/c1-14-11(3-5-13-14)19(17,18)16-7-2-6-15(8-4-12)9-10-16/h3,5H,2,4,6-10H2,1H3. The smallest absolute Gasteiger partial charge is 0.260 e. The Kier molecular flexibility index (Phi) is 4.83. The molecule has 108 valence electrons. The first kappa shape index (κ1) is 14.8. The fourth-order valence-electron chi connectivity index (χ4n) is 2.28. The van der Waals surface area contributed by atoms with Crippen LogP contribution in [0.25, 0.3) is 0 Å². The van der Waals surface area contributed by atoms with Crippen molar-refractivity contribution in [3.05, 3.63) is 12.3 Å². The largest absolute Gasteiger partial charge is 0.301 e. The van der Waals surface area contributed by atoms with Gasteiger partial charge in [-0.05, 0) is 19.0 Å². The summed E-state index contributed by atoms with van der Waals surface area (Å²) < 4.78 is 28.0. The van der Waals surface area contributed by atoms with Crippen LogP contribution in [0.2, 0.25) is 0 Å². The SMILES string of the molecule is Cn1nccc1S(=O)(=O)N1CCCN(CCCl)CC1. The van der Waals surface area contributed by atoms with Gasteiger partial charge in [0, 0.05) is 39.1 Å². The van der Waals surface area contributed by atoms with Gasteiger partial charge in [0.25, 0.3) is 10.0 Å². The van der Waals surface area contributed by atoms with Gasteiger partial charge in [-0.2, -0.15) is 9.40 Å². The zero-order valence-electron chi connectivity index (χ0n) is 11.0. The van der Waals surface area contributed by atoms with Gasteiger partial charge >= 0.3 is 0 Å². The van der Waals surface area contributed by atoms with Crippen molar-refractivity contribution < 1.29 is 8.42 Å². The van der Waals surface area contributed by atoms with Crippen LogP contribution in [0.4, 0.5) is 0 Å². The Labute approximate surface area is 119 Å². The monoisotopic (exact) mass is 306 g/mol. The molecule has 2 heterocycles. The molecule has 6 nitrogen and oxygen atoms in total. The van der Waals surface area contributed by atoms with E-state index in [0.29, 0.717) is 19.0 Å². The molecule has 0 aliphatic carbocycles. The lowest BCUT2D eigenvalue weighted by atomic mass is 10.4. The van der Waals surface area contributed by atoms with Crippen molar-refractivity contribution in [3.63, 3.8) is 0 Å². The molecule has 19 heavy (non-hydrogen) atoms. The predicted molar refractivity (Wildman–Crippen MR) is 73.7 cm³/mol. The van der Waals surface area contributed by atoms with E-state index in [1.54, 1.807) is 7.05 Å². The second-order valence-corrected chi connectivity index (χ2v) is 6.84. The van der Waals surface area contributed by atoms with Crippen molar-refractivity contribution >= 4 is 21.6 Å². The first-order valence-corrected chi connectivity index (χ1v) is 8.29. The Morgan fingerprint density at radius 1 is 1.32 bits per heavy atom. The Hall–Kier alpha value is -0.630. The average molecular weight is 307 g/mol. The fourth-order valence-corrected chi connectivity index (χ4v) is 4.09. The van der Waals surface area contributed by atoms with E-state index >= 15 is 0 Å². The van der Waals surface area contributed by atoms with Gasteiger partial charge in [-0.25, -0.2) is 8.42 Å². The van der Waals surface area contributed by atoms with Crippen LogP contribution >= 0.6 is 11.6 Å². The lowest BCUT2D eigenvalue weighted by molar-refractivity contribution is 0.303. The second kappa shape index (κ2) is 6.21. The first-order chi connectivity index (χ1) is 9.05. The zero-order chi connectivity index (χ0) is 13.9. The molecule has 1 fully saturated rings. The van der Waals surface area contributed by atoms with Crippen molar-refractivity contribution in [2.75, 3.05) is 38.6 Å². The molecule has 0 N–H and O–H groups in total. The topological polar surface area (TPSA) is 58.4 Å². The molecule has 2 rings (SSSR count). The van der Waals surface area contributed by atoms with Gasteiger partial charge in [0.05, 0.1) is 6.20 Å². The molecule has 1 saturated heterocycles. The molecule has 0 saturated carbocycles. The second-order valence-electron chi connectivity index (χ2n) is 4.58. The lowest BCUT2D eigenvalue weighted by Gasteiger charge is -2.21. The number of nitrogens with zero attached hydrogens (tertiary/aromatic N) is 4. The maximum atomic E-state index is 12.5. The van der Waals surface area contributed by atoms with Crippen LogP contribution in [0.5, 0.6) is 0 Å². The van der Waals surface area contributed by atoms with Gasteiger partial charge in [0.15, 0.2) is 5.03 Å². The molecule has 0 atom stereocenters. The fraction of sp³-hybridized carbons (Fsp3) is 0.727. The molecule has 1 aromatic heterocycles. The minimum Gasteiger partial charge on any atom is -0.301 e. The van der Waals surface area contributed by atoms with Crippen LogP contribution in [-0.2, 0) is 17.1 Å². The minimum absolute atomic E-state index is 0.248. The molecule has 0 radical (unpaired) electrons. The van der Waals surface area contributed by atoms with E-state index in [1.165, 1.54) is 21.3 Å². The number of rotatable bonds is 4. The molecule has 8 heteroatoms. The molecule has 0 unspecified atom stereocenters. The van der Waals surface area contributed by atoms with E-state index in [1.807, 2.05) is 0 Å². The van der Waals surface area contributed by atoms with Crippen LogP contribution in [-0.4, -0.2) is 66.0 Å². The van der Waals surface area contributed by atoms with Crippen molar-refractivity contribution in [2.45, 2.75) is 11.4 Å². The summed E-state index contributed by atoms with van der Waals surface area (Å²) in [5.41, 5.74) is 0. The van der Waals surface area contributed by atoms with E-state index in [2.05, 4.69) is 10.00 Å². The number of hydrogen-bond acceptors (Lipinski definition) is 4. The van der Waals surface area contributed by atoms with E-state index in [0.717, 1.165) is 26.1 Å². The highest BCUT2D eigenvalue weighted by Gasteiger charge is 2.28. The van der Waals surface area contributed by atoms with Crippen LogP contribution < -0.4 is 0 Å². The zero-order valence-corrected chi connectivity index (χ0v) is 12.6. The highest BCUT2D eigenvalue weighted by molar-refractivity contribution is 7.89. The van der Waals surface area contributed by atoms with Gasteiger partial charge in [-0.3, -0.25) is 4.68 Å². The normalized spacial score (nSPS) is 19.5. The Bertz CT molecular complexity index is 517. The maximum absolute atomic E-state index is 12.5. The summed E-state index contributed by atoms with van der Waals surface area (Å²) in [6.45, 7) is 3.48. The lowest BCUT2D eigenvalue weighted by Crippen LogP contribution is -2.36. The third-order valence-corrected chi connectivity index (χ3v) is 5.47. The van der Waals surface area contributed by atoms with E-state index in [4.69, 9.17) is 11.6 Å². The Morgan fingerprint density at radius 3 is 2.74 bits per heavy atom. The summed E-state index contributed by atoms with van der Waals surface area (Å²) in [6.07, 6.45) is 2.33. The van der Waals surface area contributed by atoms with E-state index in [-0.39, 0.29) is 5.03 Å². The molecule has 0 amide bonds. The Balaban J connectivity index is 2.12. The average Bonchev–Trinajstić information content (AvgIpc) is 2.66. The molecule has 1 aliphatic heterocycles. The van der Waals surface area contributed by atoms with Crippen LogP contribution in [0.15, 0.2) is 17.3 Å². The quantitative estimate of drug-likeness (QED) is 0.754. The van der Waals surface area contributed by atoms with Gasteiger partial charge in [-0.15, -0.1) is 11.6 Å². The molecular weight excluding hydrogens is 288 g/mol. The highest BCUT2D eigenvalue weighted by atomic mass is 35.5. The number of sulfonamides is 1. The molecular formula is C11H19ClN4O2S. The summed E-state index contributed by atoms with van der Waals surface area (Å²) in [5, 5.41) is 4.18. The van der Waals surface area contributed by atoms with Crippen molar-refractivity contribution in [1.82, 2.24) is 19.0 Å². The number of aryl methyl sites for hydroxylation is 1. The first-order valence-electron chi connectivity index (χ1n) is 6.32. The van der Waals surface area contributed by atoms with Crippen molar-refractivity contribution in [1.29, 1.82) is 0 Å². The third-order valence-electron chi connectivity index (χ3n) is 3.33.